The molecule has 0 amide bonds. The molecule has 0 spiro atoms. The molecule has 5 heteroatoms. The van der Waals surface area contributed by atoms with Crippen molar-refractivity contribution < 1.29 is 8.42 Å². The van der Waals surface area contributed by atoms with Crippen LogP contribution in [0.5, 0.6) is 0 Å². The Bertz CT molecular complexity index is 469. The number of para-hydroxylation sites is 1. The van der Waals surface area contributed by atoms with E-state index in [4.69, 9.17) is 5.73 Å². The van der Waals surface area contributed by atoms with Gasteiger partial charge in [-0.3, -0.25) is 0 Å². The third-order valence-electron chi connectivity index (χ3n) is 2.64. The number of benzene rings is 1. The van der Waals surface area contributed by atoms with E-state index in [0.717, 1.165) is 0 Å². The van der Waals surface area contributed by atoms with E-state index in [1.807, 2.05) is 20.8 Å². The summed E-state index contributed by atoms with van der Waals surface area (Å²) in [5.41, 5.74) is 6.95. The number of hydrogen-bond acceptors (Lipinski definition) is 3. The van der Waals surface area contributed by atoms with Crippen molar-refractivity contribution in [3.63, 3.8) is 0 Å². The highest BCUT2D eigenvalue weighted by molar-refractivity contribution is 7.88. The molecule has 2 N–H and O–H groups in total. The molecular weight excluding hydrogens is 236 g/mol. The van der Waals surface area contributed by atoms with Crippen molar-refractivity contribution >= 4 is 15.7 Å². The van der Waals surface area contributed by atoms with E-state index in [1.165, 1.54) is 4.31 Å². The van der Waals surface area contributed by atoms with E-state index in [9.17, 15) is 8.42 Å². The maximum atomic E-state index is 12.2. The molecule has 0 fully saturated rings. The summed E-state index contributed by atoms with van der Waals surface area (Å²) < 4.78 is 25.9. The molecule has 0 saturated carbocycles. The van der Waals surface area contributed by atoms with Crippen LogP contribution in [-0.4, -0.2) is 25.3 Å². The van der Waals surface area contributed by atoms with Crippen LogP contribution < -0.4 is 5.73 Å². The largest absolute Gasteiger partial charge is 0.398 e. The molecule has 0 aromatic heterocycles. The van der Waals surface area contributed by atoms with Crippen LogP contribution in [0.3, 0.4) is 0 Å². The molecule has 1 aromatic rings. The molecule has 0 aliphatic carbocycles. The van der Waals surface area contributed by atoms with E-state index < -0.39 is 10.0 Å². The van der Waals surface area contributed by atoms with Crippen molar-refractivity contribution in [2.24, 2.45) is 0 Å². The maximum absolute atomic E-state index is 12.2. The van der Waals surface area contributed by atoms with Crippen molar-refractivity contribution in [2.45, 2.75) is 32.6 Å². The van der Waals surface area contributed by atoms with Crippen molar-refractivity contribution in [3.8, 4) is 0 Å². The van der Waals surface area contributed by atoms with Gasteiger partial charge < -0.3 is 5.73 Å². The van der Waals surface area contributed by atoms with Crippen LogP contribution in [0.2, 0.25) is 0 Å². The van der Waals surface area contributed by atoms with Crippen LogP contribution in [0.1, 0.15) is 26.3 Å². The Kier molecular flexibility index (Phi) is 4.54. The smallest absolute Gasteiger partial charge is 0.218 e. The Morgan fingerprint density at radius 3 is 2.35 bits per heavy atom. The minimum absolute atomic E-state index is 0.0325. The molecule has 0 radical (unpaired) electrons. The fourth-order valence-corrected chi connectivity index (χ4v) is 3.69. The second kappa shape index (κ2) is 5.51. The molecule has 1 aromatic carbocycles. The topological polar surface area (TPSA) is 63.4 Å². The molecule has 96 valence electrons. The number of nitrogens with zero attached hydrogens (tertiary/aromatic N) is 1. The summed E-state index contributed by atoms with van der Waals surface area (Å²) in [5, 5.41) is 0. The number of nitrogen functional groups attached to an aromatic ring is 1. The van der Waals surface area contributed by atoms with Crippen LogP contribution in [0.25, 0.3) is 0 Å². The minimum atomic E-state index is -3.29. The summed E-state index contributed by atoms with van der Waals surface area (Å²) in [6.45, 7) is 6.06. The first-order chi connectivity index (χ1) is 7.88. The minimum Gasteiger partial charge on any atom is -0.398 e. The summed E-state index contributed by atoms with van der Waals surface area (Å²) >= 11 is 0. The molecule has 0 heterocycles. The Labute approximate surface area is 103 Å². The molecule has 0 aliphatic rings. The quantitative estimate of drug-likeness (QED) is 0.817. The number of rotatable bonds is 5. The highest BCUT2D eigenvalue weighted by Gasteiger charge is 2.24. The van der Waals surface area contributed by atoms with Gasteiger partial charge in [-0.05, 0) is 25.5 Å². The van der Waals surface area contributed by atoms with Crippen LogP contribution in [0.4, 0.5) is 5.69 Å². The maximum Gasteiger partial charge on any atom is 0.218 e. The van der Waals surface area contributed by atoms with Gasteiger partial charge in [0.05, 0.1) is 5.75 Å². The molecule has 0 unspecified atom stereocenters. The lowest BCUT2D eigenvalue weighted by atomic mass is 10.2. The molecule has 0 bridgehead atoms. The highest BCUT2D eigenvalue weighted by atomic mass is 32.2. The first-order valence-electron chi connectivity index (χ1n) is 5.71. The average Bonchev–Trinajstić information content (AvgIpc) is 2.21. The molecule has 0 atom stereocenters. The standard InChI is InChI=1S/C12H20N2O2S/c1-4-14(10(2)3)17(15,16)9-11-7-5-6-8-12(11)13/h5-8,10H,4,9,13H2,1-3H3. The Morgan fingerprint density at radius 2 is 1.88 bits per heavy atom. The van der Waals surface area contributed by atoms with Gasteiger partial charge in [0.15, 0.2) is 0 Å². The lowest BCUT2D eigenvalue weighted by molar-refractivity contribution is 0.368. The molecule has 17 heavy (non-hydrogen) atoms. The van der Waals surface area contributed by atoms with Crippen molar-refractivity contribution in [3.05, 3.63) is 29.8 Å². The van der Waals surface area contributed by atoms with E-state index in [0.29, 0.717) is 17.8 Å². The predicted molar refractivity (Wildman–Crippen MR) is 71.0 cm³/mol. The van der Waals surface area contributed by atoms with E-state index >= 15 is 0 Å². The fraction of sp³-hybridized carbons (Fsp3) is 0.500. The van der Waals surface area contributed by atoms with Crippen LogP contribution in [0.15, 0.2) is 24.3 Å². The van der Waals surface area contributed by atoms with Gasteiger partial charge in [0.2, 0.25) is 10.0 Å². The van der Waals surface area contributed by atoms with Crippen LogP contribution in [0, 0.1) is 0 Å². The summed E-state index contributed by atoms with van der Waals surface area (Å²) in [6.07, 6.45) is 0. The zero-order valence-electron chi connectivity index (χ0n) is 10.6. The molecule has 4 nitrogen and oxygen atoms in total. The zero-order chi connectivity index (χ0) is 13.1. The third-order valence-corrected chi connectivity index (χ3v) is 4.71. The normalized spacial score (nSPS) is 12.3. The first kappa shape index (κ1) is 14.0. The molecular formula is C12H20N2O2S. The average molecular weight is 256 g/mol. The van der Waals surface area contributed by atoms with E-state index in [2.05, 4.69) is 0 Å². The molecule has 0 aliphatic heterocycles. The van der Waals surface area contributed by atoms with Gasteiger partial charge in [-0.1, -0.05) is 25.1 Å². The Balaban J connectivity index is 2.98. The van der Waals surface area contributed by atoms with Crippen LogP contribution in [-0.2, 0) is 15.8 Å². The van der Waals surface area contributed by atoms with Gasteiger partial charge in [-0.15, -0.1) is 0 Å². The van der Waals surface area contributed by atoms with E-state index in [-0.39, 0.29) is 11.8 Å². The predicted octanol–water partition coefficient (Wildman–Crippen LogP) is 1.83. The SMILES string of the molecule is CCN(C(C)C)S(=O)(=O)Cc1ccccc1N. The lowest BCUT2D eigenvalue weighted by Gasteiger charge is -2.24. The van der Waals surface area contributed by atoms with Crippen molar-refractivity contribution in [1.29, 1.82) is 0 Å². The summed E-state index contributed by atoms with van der Waals surface area (Å²) in [7, 11) is -3.29. The van der Waals surface area contributed by atoms with Crippen molar-refractivity contribution in [1.82, 2.24) is 4.31 Å². The summed E-state index contributed by atoms with van der Waals surface area (Å²) in [5.74, 6) is -0.0360. The number of sulfonamides is 1. The zero-order valence-corrected chi connectivity index (χ0v) is 11.4. The van der Waals surface area contributed by atoms with Crippen LogP contribution >= 0.6 is 0 Å². The van der Waals surface area contributed by atoms with Gasteiger partial charge in [0, 0.05) is 18.3 Å². The van der Waals surface area contributed by atoms with E-state index in [1.54, 1.807) is 24.3 Å². The summed E-state index contributed by atoms with van der Waals surface area (Å²) in [4.78, 5) is 0. The highest BCUT2D eigenvalue weighted by Crippen LogP contribution is 2.18. The fourth-order valence-electron chi connectivity index (χ4n) is 1.83. The van der Waals surface area contributed by atoms with Gasteiger partial charge in [-0.2, -0.15) is 4.31 Å². The van der Waals surface area contributed by atoms with Crippen molar-refractivity contribution in [2.75, 3.05) is 12.3 Å². The molecule has 1 rings (SSSR count). The Hall–Kier alpha value is -1.07. The van der Waals surface area contributed by atoms with Gasteiger partial charge in [0.25, 0.3) is 0 Å². The number of nitrogens with two attached hydrogens (primary N) is 1. The third kappa shape index (κ3) is 3.44. The van der Waals surface area contributed by atoms with Gasteiger partial charge in [0.1, 0.15) is 0 Å². The monoisotopic (exact) mass is 256 g/mol. The lowest BCUT2D eigenvalue weighted by Crippen LogP contribution is -2.37. The molecule has 0 saturated heterocycles. The van der Waals surface area contributed by atoms with Gasteiger partial charge >= 0.3 is 0 Å². The van der Waals surface area contributed by atoms with Gasteiger partial charge in [-0.25, -0.2) is 8.42 Å². The summed E-state index contributed by atoms with van der Waals surface area (Å²) in [6, 6.07) is 7.03. The number of hydrogen-bond donors (Lipinski definition) is 1. The second-order valence-corrected chi connectivity index (χ2v) is 6.17. The first-order valence-corrected chi connectivity index (χ1v) is 7.32. The Morgan fingerprint density at radius 1 is 1.29 bits per heavy atom. The second-order valence-electron chi connectivity index (χ2n) is 4.25. The number of anilines is 1.